The Labute approximate surface area is 97.7 Å². The van der Waals surface area contributed by atoms with Gasteiger partial charge >= 0.3 is 0 Å². The molecule has 0 spiro atoms. The zero-order valence-corrected chi connectivity index (χ0v) is 10.7. The van der Waals surface area contributed by atoms with Crippen LogP contribution in [0.4, 0.5) is 0 Å². The molecule has 0 bridgehead atoms. The monoisotopic (exact) mass is 225 g/mol. The van der Waals surface area contributed by atoms with Crippen molar-refractivity contribution in [1.29, 1.82) is 0 Å². The van der Waals surface area contributed by atoms with Crippen LogP contribution in [0.2, 0.25) is 0 Å². The molecule has 0 aliphatic carbocycles. The second-order valence-corrected chi connectivity index (χ2v) is 4.15. The van der Waals surface area contributed by atoms with E-state index in [2.05, 4.69) is 38.1 Å². The lowest BCUT2D eigenvalue weighted by Gasteiger charge is -2.14. The summed E-state index contributed by atoms with van der Waals surface area (Å²) in [5.74, 6) is 0. The predicted molar refractivity (Wildman–Crippen MR) is 65.5 cm³/mol. The fourth-order valence-electron chi connectivity index (χ4n) is 2.15. The minimum absolute atomic E-state index is 0.242. The Balaban J connectivity index is 2.74. The zero-order chi connectivity index (χ0) is 12.1. The molecule has 2 N–H and O–H groups in total. The summed E-state index contributed by atoms with van der Waals surface area (Å²) in [5.41, 5.74) is 3.63. The molecule has 1 aromatic rings. The van der Waals surface area contributed by atoms with E-state index < -0.39 is 0 Å². The van der Waals surface area contributed by atoms with Crippen LogP contribution in [0.5, 0.6) is 0 Å². The Morgan fingerprint density at radius 1 is 1.44 bits per heavy atom. The van der Waals surface area contributed by atoms with Crippen molar-refractivity contribution in [3.63, 3.8) is 0 Å². The fourth-order valence-corrected chi connectivity index (χ4v) is 2.15. The van der Waals surface area contributed by atoms with E-state index in [4.69, 9.17) is 5.11 Å². The maximum absolute atomic E-state index is 8.74. The Morgan fingerprint density at radius 3 is 2.62 bits per heavy atom. The highest BCUT2D eigenvalue weighted by molar-refractivity contribution is 5.27. The first kappa shape index (κ1) is 13.2. The summed E-state index contributed by atoms with van der Waals surface area (Å²) in [6.07, 6.45) is 0.796. The summed E-state index contributed by atoms with van der Waals surface area (Å²) in [5, 5.41) is 16.7. The average Bonchev–Trinajstić information content (AvgIpc) is 2.54. The molecule has 0 aliphatic heterocycles. The molecule has 1 unspecified atom stereocenters. The highest BCUT2D eigenvalue weighted by Gasteiger charge is 2.15. The third kappa shape index (κ3) is 2.83. The SMILES string of the molecule is CCn1nc(C)c(C(C)NCCCO)c1C. The molecular formula is C12H23N3O. The third-order valence-corrected chi connectivity index (χ3v) is 2.96. The topological polar surface area (TPSA) is 50.1 Å². The molecule has 92 valence electrons. The summed E-state index contributed by atoms with van der Waals surface area (Å²) in [6.45, 7) is 10.4. The van der Waals surface area contributed by atoms with Gasteiger partial charge in [-0.3, -0.25) is 4.68 Å². The highest BCUT2D eigenvalue weighted by Crippen LogP contribution is 2.21. The quantitative estimate of drug-likeness (QED) is 0.722. The van der Waals surface area contributed by atoms with E-state index in [-0.39, 0.29) is 6.61 Å². The van der Waals surface area contributed by atoms with Crippen molar-refractivity contribution in [3.8, 4) is 0 Å². The van der Waals surface area contributed by atoms with Gasteiger partial charge in [-0.25, -0.2) is 0 Å². The molecule has 1 rings (SSSR count). The molecule has 16 heavy (non-hydrogen) atoms. The fraction of sp³-hybridized carbons (Fsp3) is 0.750. The van der Waals surface area contributed by atoms with E-state index in [1.165, 1.54) is 11.3 Å². The molecule has 0 aliphatic rings. The summed E-state index contributed by atoms with van der Waals surface area (Å²) in [7, 11) is 0. The van der Waals surface area contributed by atoms with E-state index >= 15 is 0 Å². The third-order valence-electron chi connectivity index (χ3n) is 2.96. The summed E-state index contributed by atoms with van der Waals surface area (Å²) >= 11 is 0. The van der Waals surface area contributed by atoms with E-state index in [0.717, 1.165) is 25.2 Å². The second kappa shape index (κ2) is 6.01. The lowest BCUT2D eigenvalue weighted by Crippen LogP contribution is -2.21. The van der Waals surface area contributed by atoms with Crippen LogP contribution in [0.3, 0.4) is 0 Å². The first-order valence-electron chi connectivity index (χ1n) is 6.00. The van der Waals surface area contributed by atoms with Gasteiger partial charge in [-0.05, 0) is 40.7 Å². The van der Waals surface area contributed by atoms with Crippen molar-refractivity contribution in [2.75, 3.05) is 13.2 Å². The Hall–Kier alpha value is -0.870. The second-order valence-electron chi connectivity index (χ2n) is 4.15. The molecule has 0 radical (unpaired) electrons. The van der Waals surface area contributed by atoms with Crippen LogP contribution < -0.4 is 5.32 Å². The normalized spacial score (nSPS) is 13.1. The van der Waals surface area contributed by atoms with Gasteiger partial charge in [-0.15, -0.1) is 0 Å². The van der Waals surface area contributed by atoms with Gasteiger partial charge in [-0.2, -0.15) is 5.10 Å². The van der Waals surface area contributed by atoms with Crippen LogP contribution in [0, 0.1) is 13.8 Å². The Kier molecular flexibility index (Phi) is 4.96. The van der Waals surface area contributed by atoms with Gasteiger partial charge in [0.2, 0.25) is 0 Å². The maximum Gasteiger partial charge on any atom is 0.0644 e. The number of rotatable bonds is 6. The molecule has 1 atom stereocenters. The first-order valence-corrected chi connectivity index (χ1v) is 6.00. The van der Waals surface area contributed by atoms with Crippen molar-refractivity contribution in [2.24, 2.45) is 0 Å². The Bertz CT molecular complexity index is 333. The zero-order valence-electron chi connectivity index (χ0n) is 10.7. The number of nitrogens with zero attached hydrogens (tertiary/aromatic N) is 2. The average molecular weight is 225 g/mol. The number of hydrogen-bond donors (Lipinski definition) is 2. The number of nitrogens with one attached hydrogen (secondary N) is 1. The van der Waals surface area contributed by atoms with Crippen LogP contribution in [0.25, 0.3) is 0 Å². The lowest BCUT2D eigenvalue weighted by atomic mass is 10.1. The molecule has 4 nitrogen and oxygen atoms in total. The molecule has 0 amide bonds. The molecule has 1 heterocycles. The van der Waals surface area contributed by atoms with Gasteiger partial charge in [0.05, 0.1) is 5.69 Å². The maximum atomic E-state index is 8.74. The van der Waals surface area contributed by atoms with Crippen molar-refractivity contribution in [3.05, 3.63) is 17.0 Å². The largest absolute Gasteiger partial charge is 0.396 e. The molecule has 0 aromatic carbocycles. The number of hydrogen-bond acceptors (Lipinski definition) is 3. The van der Waals surface area contributed by atoms with Gasteiger partial charge in [0.15, 0.2) is 0 Å². The van der Waals surface area contributed by atoms with Crippen molar-refractivity contribution < 1.29 is 5.11 Å². The van der Waals surface area contributed by atoms with E-state index in [1.54, 1.807) is 0 Å². The Morgan fingerprint density at radius 2 is 2.12 bits per heavy atom. The standard InChI is InChI=1S/C12H23N3O/c1-5-15-11(4)12(10(3)14-15)9(2)13-7-6-8-16/h9,13,16H,5-8H2,1-4H3. The van der Waals surface area contributed by atoms with Crippen LogP contribution in [0.1, 0.15) is 43.3 Å². The van der Waals surface area contributed by atoms with Gasteiger partial charge in [0.25, 0.3) is 0 Å². The molecule has 0 saturated heterocycles. The molecule has 4 heteroatoms. The van der Waals surface area contributed by atoms with E-state index in [0.29, 0.717) is 6.04 Å². The van der Waals surface area contributed by atoms with E-state index in [9.17, 15) is 0 Å². The van der Waals surface area contributed by atoms with Crippen LogP contribution in [-0.4, -0.2) is 28.0 Å². The summed E-state index contributed by atoms with van der Waals surface area (Å²) in [6, 6.07) is 0.298. The molecule has 0 fully saturated rings. The number of aromatic nitrogens is 2. The highest BCUT2D eigenvalue weighted by atomic mass is 16.3. The van der Waals surface area contributed by atoms with E-state index in [1.807, 2.05) is 4.68 Å². The summed E-state index contributed by atoms with van der Waals surface area (Å²) in [4.78, 5) is 0. The molecular weight excluding hydrogens is 202 g/mol. The van der Waals surface area contributed by atoms with Gasteiger partial charge in [-0.1, -0.05) is 0 Å². The van der Waals surface area contributed by atoms with Crippen LogP contribution >= 0.6 is 0 Å². The van der Waals surface area contributed by atoms with Crippen molar-refractivity contribution >= 4 is 0 Å². The van der Waals surface area contributed by atoms with Crippen molar-refractivity contribution in [1.82, 2.24) is 15.1 Å². The number of aliphatic hydroxyl groups excluding tert-OH is 1. The smallest absolute Gasteiger partial charge is 0.0644 e. The summed E-state index contributed by atoms with van der Waals surface area (Å²) < 4.78 is 2.04. The van der Waals surface area contributed by atoms with Gasteiger partial charge < -0.3 is 10.4 Å². The predicted octanol–water partition coefficient (Wildman–Crippen LogP) is 1.55. The van der Waals surface area contributed by atoms with Crippen molar-refractivity contribution in [2.45, 2.75) is 46.7 Å². The molecule has 1 aromatic heterocycles. The van der Waals surface area contributed by atoms with Gasteiger partial charge in [0.1, 0.15) is 0 Å². The minimum atomic E-state index is 0.242. The number of aliphatic hydroxyl groups is 1. The first-order chi connectivity index (χ1) is 7.61. The number of aryl methyl sites for hydroxylation is 2. The van der Waals surface area contributed by atoms with Crippen LogP contribution in [-0.2, 0) is 6.54 Å². The van der Waals surface area contributed by atoms with Crippen LogP contribution in [0.15, 0.2) is 0 Å². The van der Waals surface area contributed by atoms with Gasteiger partial charge in [0, 0.05) is 30.5 Å². The molecule has 0 saturated carbocycles. The lowest BCUT2D eigenvalue weighted by molar-refractivity contribution is 0.284. The minimum Gasteiger partial charge on any atom is -0.396 e.